The molecule has 1 rings (SSSR count). The number of carbonyl (C=O) groups is 2. The molecule has 0 saturated carbocycles. The minimum absolute atomic E-state index is 0.0902. The molecule has 2 atom stereocenters. The lowest BCUT2D eigenvalue weighted by molar-refractivity contribution is -0.153. The molecule has 0 spiro atoms. The van der Waals surface area contributed by atoms with Gasteiger partial charge in [-0.2, -0.15) is 0 Å². The van der Waals surface area contributed by atoms with E-state index < -0.39 is 0 Å². The molecule has 0 bridgehead atoms. The molecular formula is C25H40O6. The van der Waals surface area contributed by atoms with E-state index in [2.05, 4.69) is 6.92 Å². The fraction of sp³-hybridized carbons (Fsp3) is 0.680. The van der Waals surface area contributed by atoms with Gasteiger partial charge in [-0.1, -0.05) is 51.5 Å². The standard InChI is InChI=1S/C25H40O6/c1-5-6-7-8-9-10-11-12-22(30-19(2)26)18-23(31-20(3)27)15-13-21-14-16-24(28)25(17-21)29-4/h14,16-17,22-23,28H,5-13,15,18H2,1-4H3. The summed E-state index contributed by atoms with van der Waals surface area (Å²) in [6.45, 7) is 5.02. The fourth-order valence-corrected chi connectivity index (χ4v) is 3.75. The zero-order valence-electron chi connectivity index (χ0n) is 19.7. The second-order valence-electron chi connectivity index (χ2n) is 8.15. The van der Waals surface area contributed by atoms with E-state index in [0.717, 1.165) is 24.8 Å². The molecule has 0 aromatic heterocycles. The lowest BCUT2D eigenvalue weighted by Gasteiger charge is -2.23. The number of hydrogen-bond donors (Lipinski definition) is 1. The number of phenols is 1. The van der Waals surface area contributed by atoms with Crippen molar-refractivity contribution in [3.05, 3.63) is 23.8 Å². The van der Waals surface area contributed by atoms with E-state index in [0.29, 0.717) is 25.0 Å². The molecule has 0 aliphatic heterocycles. The molecule has 0 heterocycles. The molecule has 0 aliphatic rings. The van der Waals surface area contributed by atoms with Crippen LogP contribution in [0.25, 0.3) is 0 Å². The van der Waals surface area contributed by atoms with Crippen molar-refractivity contribution in [1.82, 2.24) is 0 Å². The predicted octanol–water partition coefficient (Wildman–Crippen LogP) is 5.73. The second kappa shape index (κ2) is 15.5. The largest absolute Gasteiger partial charge is 0.504 e. The summed E-state index contributed by atoms with van der Waals surface area (Å²) in [5.41, 5.74) is 0.975. The number of aromatic hydroxyl groups is 1. The van der Waals surface area contributed by atoms with Crippen molar-refractivity contribution >= 4 is 11.9 Å². The number of hydrogen-bond acceptors (Lipinski definition) is 6. The van der Waals surface area contributed by atoms with E-state index in [1.165, 1.54) is 53.1 Å². The summed E-state index contributed by atoms with van der Waals surface area (Å²) < 4.78 is 16.2. The number of unbranched alkanes of at least 4 members (excludes halogenated alkanes) is 6. The van der Waals surface area contributed by atoms with Crippen LogP contribution in [0.15, 0.2) is 18.2 Å². The number of rotatable bonds is 16. The van der Waals surface area contributed by atoms with Crippen LogP contribution in [0.2, 0.25) is 0 Å². The number of aryl methyl sites for hydroxylation is 1. The first-order valence-corrected chi connectivity index (χ1v) is 11.6. The summed E-state index contributed by atoms with van der Waals surface area (Å²) in [5.74, 6) is -0.144. The van der Waals surface area contributed by atoms with Crippen molar-refractivity contribution in [2.45, 2.75) is 104 Å². The van der Waals surface area contributed by atoms with Gasteiger partial charge in [0.1, 0.15) is 12.2 Å². The topological polar surface area (TPSA) is 82.1 Å². The van der Waals surface area contributed by atoms with Gasteiger partial charge >= 0.3 is 11.9 Å². The average Bonchev–Trinajstić information content (AvgIpc) is 2.71. The van der Waals surface area contributed by atoms with Crippen LogP contribution in [0.3, 0.4) is 0 Å². The van der Waals surface area contributed by atoms with E-state index >= 15 is 0 Å². The Hall–Kier alpha value is -2.24. The van der Waals surface area contributed by atoms with Crippen LogP contribution in [0, 0.1) is 0 Å². The monoisotopic (exact) mass is 436 g/mol. The molecule has 1 aromatic carbocycles. The van der Waals surface area contributed by atoms with E-state index in [1.807, 2.05) is 6.07 Å². The van der Waals surface area contributed by atoms with Gasteiger partial charge in [-0.15, -0.1) is 0 Å². The van der Waals surface area contributed by atoms with Crippen molar-refractivity contribution in [2.24, 2.45) is 0 Å². The summed E-state index contributed by atoms with van der Waals surface area (Å²) in [6.07, 6.45) is 10.3. The molecule has 1 aromatic rings. The highest BCUT2D eigenvalue weighted by Crippen LogP contribution is 2.27. The third kappa shape index (κ3) is 12.3. The molecular weight excluding hydrogens is 396 g/mol. The molecule has 6 nitrogen and oxygen atoms in total. The second-order valence-corrected chi connectivity index (χ2v) is 8.15. The zero-order valence-corrected chi connectivity index (χ0v) is 19.7. The third-order valence-corrected chi connectivity index (χ3v) is 5.32. The zero-order chi connectivity index (χ0) is 23.1. The molecule has 31 heavy (non-hydrogen) atoms. The van der Waals surface area contributed by atoms with Crippen molar-refractivity contribution in [3.8, 4) is 11.5 Å². The molecule has 0 fully saturated rings. The first-order chi connectivity index (χ1) is 14.8. The first-order valence-electron chi connectivity index (χ1n) is 11.6. The van der Waals surface area contributed by atoms with Gasteiger partial charge in [0.25, 0.3) is 0 Å². The molecule has 0 radical (unpaired) electrons. The number of carbonyl (C=O) groups excluding carboxylic acids is 2. The Labute approximate surface area is 187 Å². The van der Waals surface area contributed by atoms with Crippen LogP contribution in [-0.4, -0.2) is 36.4 Å². The highest BCUT2D eigenvalue weighted by Gasteiger charge is 2.21. The van der Waals surface area contributed by atoms with Gasteiger partial charge in [0, 0.05) is 20.3 Å². The molecule has 0 aliphatic carbocycles. The van der Waals surface area contributed by atoms with Crippen LogP contribution < -0.4 is 4.74 Å². The lowest BCUT2D eigenvalue weighted by Crippen LogP contribution is -2.27. The summed E-state index contributed by atoms with van der Waals surface area (Å²) in [4.78, 5) is 23.2. The van der Waals surface area contributed by atoms with Crippen LogP contribution >= 0.6 is 0 Å². The minimum atomic E-state index is -0.342. The van der Waals surface area contributed by atoms with E-state index in [-0.39, 0.29) is 29.9 Å². The van der Waals surface area contributed by atoms with Crippen molar-refractivity contribution < 1.29 is 28.9 Å². The predicted molar refractivity (Wildman–Crippen MR) is 121 cm³/mol. The normalized spacial score (nSPS) is 12.8. The maximum absolute atomic E-state index is 11.6. The average molecular weight is 437 g/mol. The number of benzene rings is 1. The molecule has 1 N–H and O–H groups in total. The molecule has 176 valence electrons. The van der Waals surface area contributed by atoms with Crippen LogP contribution in [0.5, 0.6) is 11.5 Å². The van der Waals surface area contributed by atoms with Gasteiger partial charge in [0.05, 0.1) is 7.11 Å². The first kappa shape index (κ1) is 26.8. The minimum Gasteiger partial charge on any atom is -0.504 e. The van der Waals surface area contributed by atoms with Gasteiger partial charge in [-0.3, -0.25) is 9.59 Å². The summed E-state index contributed by atoms with van der Waals surface area (Å²) in [6, 6.07) is 5.20. The number of methoxy groups -OCH3 is 1. The third-order valence-electron chi connectivity index (χ3n) is 5.32. The summed E-state index contributed by atoms with van der Waals surface area (Å²) in [7, 11) is 1.51. The Bertz CT molecular complexity index is 657. The smallest absolute Gasteiger partial charge is 0.302 e. The summed E-state index contributed by atoms with van der Waals surface area (Å²) >= 11 is 0. The maximum Gasteiger partial charge on any atom is 0.302 e. The number of phenolic OH excluding ortho intramolecular Hbond substituents is 1. The van der Waals surface area contributed by atoms with Crippen LogP contribution in [-0.2, 0) is 25.5 Å². The molecule has 0 saturated heterocycles. The van der Waals surface area contributed by atoms with Gasteiger partial charge in [-0.25, -0.2) is 0 Å². The SMILES string of the molecule is CCCCCCCCCC(CC(CCc1ccc(O)c(OC)c1)OC(C)=O)OC(C)=O. The summed E-state index contributed by atoms with van der Waals surface area (Å²) in [5, 5.41) is 9.75. The highest BCUT2D eigenvalue weighted by atomic mass is 16.6. The van der Waals surface area contributed by atoms with Gasteiger partial charge < -0.3 is 19.3 Å². The van der Waals surface area contributed by atoms with Crippen molar-refractivity contribution in [3.63, 3.8) is 0 Å². The molecule has 0 amide bonds. The van der Waals surface area contributed by atoms with Crippen LogP contribution in [0.1, 0.15) is 90.5 Å². The van der Waals surface area contributed by atoms with E-state index in [4.69, 9.17) is 14.2 Å². The Morgan fingerprint density at radius 3 is 2.06 bits per heavy atom. The number of ether oxygens (including phenoxy) is 3. The van der Waals surface area contributed by atoms with Crippen molar-refractivity contribution in [1.29, 1.82) is 0 Å². The number of esters is 2. The quantitative estimate of drug-likeness (QED) is 0.263. The Morgan fingerprint density at radius 2 is 1.48 bits per heavy atom. The van der Waals surface area contributed by atoms with Crippen LogP contribution in [0.4, 0.5) is 0 Å². The lowest BCUT2D eigenvalue weighted by atomic mass is 9.98. The van der Waals surface area contributed by atoms with E-state index in [9.17, 15) is 14.7 Å². The van der Waals surface area contributed by atoms with E-state index in [1.54, 1.807) is 12.1 Å². The fourth-order valence-electron chi connectivity index (χ4n) is 3.75. The van der Waals surface area contributed by atoms with Gasteiger partial charge in [0.15, 0.2) is 11.5 Å². The Balaban J connectivity index is 2.62. The Kier molecular flexibility index (Phi) is 13.4. The van der Waals surface area contributed by atoms with Gasteiger partial charge in [-0.05, 0) is 43.4 Å². The molecule has 2 unspecified atom stereocenters. The van der Waals surface area contributed by atoms with Crippen molar-refractivity contribution in [2.75, 3.05) is 7.11 Å². The van der Waals surface area contributed by atoms with Gasteiger partial charge in [0.2, 0.25) is 0 Å². The maximum atomic E-state index is 11.6. The highest BCUT2D eigenvalue weighted by molar-refractivity contribution is 5.66. The Morgan fingerprint density at radius 1 is 0.903 bits per heavy atom. The molecule has 6 heteroatoms.